The molecule has 1 heterocycles. The molecule has 0 aromatic heterocycles. The number of esters is 1. The van der Waals surface area contributed by atoms with E-state index in [1.54, 1.807) is 31.4 Å². The summed E-state index contributed by atoms with van der Waals surface area (Å²) in [4.78, 5) is 13.2. The number of methoxy groups -OCH3 is 1. The first-order valence-electron chi connectivity index (χ1n) is 11.0. The number of hydrogen-bond donors (Lipinski definition) is 1. The van der Waals surface area contributed by atoms with E-state index in [4.69, 9.17) is 9.47 Å². The topological polar surface area (TPSA) is 55.8 Å². The zero-order valence-electron chi connectivity index (χ0n) is 18.7. The number of aliphatic hydroxyl groups excluding tert-OH is 1. The first kappa shape index (κ1) is 21.9. The van der Waals surface area contributed by atoms with Gasteiger partial charge in [-0.25, -0.2) is 4.79 Å². The van der Waals surface area contributed by atoms with E-state index in [2.05, 4.69) is 36.4 Å². The van der Waals surface area contributed by atoms with Crippen LogP contribution in [0.4, 0.5) is 0 Å². The first-order chi connectivity index (χ1) is 16.7. The van der Waals surface area contributed by atoms with E-state index in [9.17, 15) is 9.90 Å². The van der Waals surface area contributed by atoms with Gasteiger partial charge < -0.3 is 14.6 Å². The Bertz CT molecular complexity index is 1220. The normalized spacial score (nSPS) is 15.8. The van der Waals surface area contributed by atoms with Crippen LogP contribution in [0.2, 0.25) is 0 Å². The zero-order chi connectivity index (χ0) is 23.5. The molecule has 4 nitrogen and oxygen atoms in total. The van der Waals surface area contributed by atoms with Crippen LogP contribution in [0.1, 0.15) is 5.56 Å². The van der Waals surface area contributed by atoms with Crippen molar-refractivity contribution in [3.63, 3.8) is 0 Å². The Morgan fingerprint density at radius 3 is 1.56 bits per heavy atom. The van der Waals surface area contributed by atoms with E-state index in [0.717, 1.165) is 15.9 Å². The van der Waals surface area contributed by atoms with Crippen LogP contribution in [0, 0.1) is 0 Å². The molecule has 0 saturated carbocycles. The van der Waals surface area contributed by atoms with Crippen LogP contribution in [-0.4, -0.2) is 24.0 Å². The quantitative estimate of drug-likeness (QED) is 0.326. The van der Waals surface area contributed by atoms with Crippen molar-refractivity contribution in [1.82, 2.24) is 0 Å². The summed E-state index contributed by atoms with van der Waals surface area (Å²) in [5, 5.41) is 14.7. The highest BCUT2D eigenvalue weighted by Crippen LogP contribution is 2.64. The number of ether oxygens (including phenoxy) is 2. The third-order valence-electron chi connectivity index (χ3n) is 6.13. The summed E-state index contributed by atoms with van der Waals surface area (Å²) in [6.07, 6.45) is 0. The smallest absolute Gasteiger partial charge is 0.346 e. The molecule has 1 atom stereocenters. The molecule has 5 rings (SSSR count). The van der Waals surface area contributed by atoms with Gasteiger partial charge in [0.15, 0.2) is 13.0 Å². The molecule has 1 aliphatic rings. The lowest BCUT2D eigenvalue weighted by Gasteiger charge is -2.31. The minimum absolute atomic E-state index is 0.0416. The maximum Gasteiger partial charge on any atom is 0.346 e. The van der Waals surface area contributed by atoms with Gasteiger partial charge in [0.25, 0.3) is 5.85 Å². The van der Waals surface area contributed by atoms with E-state index >= 15 is 0 Å². The Hall–Kier alpha value is -3.88. The van der Waals surface area contributed by atoms with Crippen LogP contribution >= 0.6 is 7.26 Å². The molecule has 0 radical (unpaired) electrons. The molecule has 0 spiro atoms. The van der Waals surface area contributed by atoms with Gasteiger partial charge in [0.2, 0.25) is 0 Å². The minimum Gasteiger partial charge on any atom is -0.504 e. The predicted molar refractivity (Wildman–Crippen MR) is 138 cm³/mol. The Morgan fingerprint density at radius 2 is 1.15 bits per heavy atom. The van der Waals surface area contributed by atoms with Crippen molar-refractivity contribution < 1.29 is 19.4 Å². The fraction of sp³-hybridized carbons (Fsp3) is 0.0690. The monoisotopic (exact) mass is 467 g/mol. The maximum absolute atomic E-state index is 13.2. The van der Waals surface area contributed by atoms with Crippen molar-refractivity contribution in [2.75, 3.05) is 7.11 Å². The highest BCUT2D eigenvalue weighted by atomic mass is 31.2. The summed E-state index contributed by atoms with van der Waals surface area (Å²) in [5.41, 5.74) is 0.790. The number of carbonyl (C=O) groups is 1. The lowest BCUT2D eigenvalue weighted by atomic mass is 10.1. The van der Waals surface area contributed by atoms with Crippen LogP contribution in [0.3, 0.4) is 0 Å². The Morgan fingerprint density at radius 1 is 0.706 bits per heavy atom. The Balaban J connectivity index is 1.79. The lowest BCUT2D eigenvalue weighted by Crippen LogP contribution is -2.40. The molecule has 5 heteroatoms. The SMILES string of the molecule is COc1ccc(C2=C(O)C([P+](c3ccccc3)(c3ccccc3)c3ccccc3)OC2=O)cc1. The summed E-state index contributed by atoms with van der Waals surface area (Å²) in [5.74, 6) is -0.740. The molecule has 4 aromatic carbocycles. The highest BCUT2D eigenvalue weighted by molar-refractivity contribution is 7.96. The lowest BCUT2D eigenvalue weighted by molar-refractivity contribution is -0.135. The second kappa shape index (κ2) is 9.17. The molecule has 0 amide bonds. The molecular weight excluding hydrogens is 443 g/mol. The molecule has 1 aliphatic heterocycles. The number of aliphatic hydroxyl groups is 1. The summed E-state index contributed by atoms with van der Waals surface area (Å²) >= 11 is 0. The zero-order valence-corrected chi connectivity index (χ0v) is 19.6. The average molecular weight is 467 g/mol. The van der Waals surface area contributed by atoms with Gasteiger partial charge in [0, 0.05) is 0 Å². The molecule has 1 N–H and O–H groups in total. The fourth-order valence-corrected chi connectivity index (χ4v) is 8.96. The third kappa shape index (κ3) is 3.57. The molecule has 0 aliphatic carbocycles. The second-order valence-corrected chi connectivity index (χ2v) is 11.4. The second-order valence-electron chi connectivity index (χ2n) is 7.98. The first-order valence-corrected chi connectivity index (χ1v) is 12.9. The number of cyclic esters (lactones) is 1. The van der Waals surface area contributed by atoms with Gasteiger partial charge >= 0.3 is 5.97 Å². The van der Waals surface area contributed by atoms with E-state index in [1.807, 2.05) is 54.6 Å². The number of benzene rings is 4. The Labute approximate surface area is 199 Å². The molecule has 0 bridgehead atoms. The summed E-state index contributed by atoms with van der Waals surface area (Å²) in [7, 11) is -1.06. The molecular formula is C29H24O4P+. The van der Waals surface area contributed by atoms with E-state index < -0.39 is 19.1 Å². The van der Waals surface area contributed by atoms with Crippen molar-refractivity contribution in [1.29, 1.82) is 0 Å². The molecule has 0 fully saturated rings. The largest absolute Gasteiger partial charge is 0.504 e. The summed E-state index contributed by atoms with van der Waals surface area (Å²) in [6.45, 7) is 0. The van der Waals surface area contributed by atoms with Crippen LogP contribution in [-0.2, 0) is 9.53 Å². The van der Waals surface area contributed by atoms with Gasteiger partial charge in [-0.05, 0) is 54.1 Å². The van der Waals surface area contributed by atoms with E-state index in [-0.39, 0.29) is 11.3 Å². The Kier molecular flexibility index (Phi) is 5.91. The maximum atomic E-state index is 13.2. The van der Waals surface area contributed by atoms with Gasteiger partial charge in [-0.3, -0.25) is 0 Å². The number of hydrogen-bond acceptors (Lipinski definition) is 4. The van der Waals surface area contributed by atoms with Crippen molar-refractivity contribution >= 4 is 34.7 Å². The van der Waals surface area contributed by atoms with Gasteiger partial charge in [-0.1, -0.05) is 66.7 Å². The predicted octanol–water partition coefficient (Wildman–Crippen LogP) is 4.84. The van der Waals surface area contributed by atoms with Gasteiger partial charge in [-0.15, -0.1) is 0 Å². The molecule has 168 valence electrons. The van der Waals surface area contributed by atoms with Crippen LogP contribution < -0.4 is 20.7 Å². The molecule has 34 heavy (non-hydrogen) atoms. The summed E-state index contributed by atoms with van der Waals surface area (Å²) < 4.78 is 11.3. The standard InChI is InChI=1S/C29H23O4P/c1-32-22-19-17-21(18-20-22)26-27(30)29(33-28(26)31)34(23-11-5-2-6-12-23,24-13-7-3-8-14-24)25-15-9-4-10-16-25/h2-20,29H,1H3/p+1. The minimum atomic E-state index is -2.64. The third-order valence-corrected chi connectivity index (χ3v) is 10.5. The van der Waals surface area contributed by atoms with Gasteiger partial charge in [0.05, 0.1) is 7.11 Å². The van der Waals surface area contributed by atoms with Crippen molar-refractivity contribution in [2.45, 2.75) is 5.85 Å². The summed E-state index contributed by atoms with van der Waals surface area (Å²) in [6, 6.07) is 37.2. The van der Waals surface area contributed by atoms with Crippen molar-refractivity contribution in [3.05, 3.63) is 127 Å². The van der Waals surface area contributed by atoms with E-state index in [0.29, 0.717) is 11.3 Å². The van der Waals surface area contributed by atoms with Gasteiger partial charge in [-0.2, -0.15) is 0 Å². The number of rotatable bonds is 6. The van der Waals surface area contributed by atoms with E-state index in [1.165, 1.54) is 0 Å². The van der Waals surface area contributed by atoms with Gasteiger partial charge in [0.1, 0.15) is 27.2 Å². The van der Waals surface area contributed by atoms with Crippen LogP contribution in [0.15, 0.2) is 121 Å². The fourth-order valence-electron chi connectivity index (χ4n) is 4.57. The van der Waals surface area contributed by atoms with Crippen molar-refractivity contribution in [3.8, 4) is 5.75 Å². The van der Waals surface area contributed by atoms with Crippen molar-refractivity contribution in [2.24, 2.45) is 0 Å². The molecule has 4 aromatic rings. The van der Waals surface area contributed by atoms with Crippen LogP contribution in [0.5, 0.6) is 5.75 Å². The number of carbonyl (C=O) groups excluding carboxylic acids is 1. The molecule has 0 saturated heterocycles. The van der Waals surface area contributed by atoms with Crippen LogP contribution in [0.25, 0.3) is 5.57 Å². The molecule has 1 unspecified atom stereocenters. The average Bonchev–Trinajstić information content (AvgIpc) is 3.20. The highest BCUT2D eigenvalue weighted by Gasteiger charge is 2.60.